The third kappa shape index (κ3) is 4.79. The van der Waals surface area contributed by atoms with E-state index in [9.17, 15) is 8.42 Å². The summed E-state index contributed by atoms with van der Waals surface area (Å²) in [5, 5.41) is 1.30. The maximum atomic E-state index is 11.5. The van der Waals surface area contributed by atoms with Crippen molar-refractivity contribution < 1.29 is 8.42 Å². The Morgan fingerprint density at radius 3 is 2.47 bits per heavy atom. The predicted octanol–water partition coefficient (Wildman–Crippen LogP) is 2.87. The Balaban J connectivity index is 2.65. The zero-order valence-electron chi connectivity index (χ0n) is 8.89. The first-order chi connectivity index (χ1) is 7.14. The highest BCUT2D eigenvalue weighted by atomic mass is 32.2. The van der Waals surface area contributed by atoms with E-state index in [1.165, 1.54) is 5.41 Å². The molecule has 0 unspecified atom stereocenters. The molecule has 0 fully saturated rings. The van der Waals surface area contributed by atoms with Crippen molar-refractivity contribution in [3.8, 4) is 0 Å². The zero-order valence-corrected chi connectivity index (χ0v) is 9.70. The fraction of sp³-hybridized carbons (Fsp3) is 0.333. The van der Waals surface area contributed by atoms with Crippen molar-refractivity contribution in [3.05, 3.63) is 41.3 Å². The van der Waals surface area contributed by atoms with E-state index < -0.39 is 9.84 Å². The van der Waals surface area contributed by atoms with E-state index in [-0.39, 0.29) is 5.75 Å². The van der Waals surface area contributed by atoms with E-state index in [4.69, 9.17) is 0 Å². The summed E-state index contributed by atoms with van der Waals surface area (Å²) in [6.07, 6.45) is 3.27. The molecule has 1 aromatic rings. The minimum absolute atomic E-state index is 0.243. The van der Waals surface area contributed by atoms with E-state index in [0.717, 1.165) is 18.4 Å². The Morgan fingerprint density at radius 2 is 1.87 bits per heavy atom. The van der Waals surface area contributed by atoms with Crippen LogP contribution < -0.4 is 0 Å². The summed E-state index contributed by atoms with van der Waals surface area (Å²) < 4.78 is 23.0. The Hall–Kier alpha value is -1.09. The average molecular weight is 224 g/mol. The van der Waals surface area contributed by atoms with Crippen LogP contribution in [0.5, 0.6) is 0 Å². The SMILES string of the molecule is CCCCS(=O)(=O)/C=C/c1ccccc1. The number of hydrogen-bond acceptors (Lipinski definition) is 2. The second-order valence-corrected chi connectivity index (χ2v) is 5.44. The highest BCUT2D eigenvalue weighted by Crippen LogP contribution is 2.05. The molecule has 0 atom stereocenters. The molecule has 0 aliphatic rings. The molecular weight excluding hydrogens is 208 g/mol. The summed E-state index contributed by atoms with van der Waals surface area (Å²) in [5.41, 5.74) is 0.914. The van der Waals surface area contributed by atoms with Crippen LogP contribution in [-0.4, -0.2) is 14.2 Å². The van der Waals surface area contributed by atoms with Gasteiger partial charge in [0.15, 0.2) is 9.84 Å². The van der Waals surface area contributed by atoms with E-state index >= 15 is 0 Å². The van der Waals surface area contributed by atoms with Crippen LogP contribution in [0.15, 0.2) is 35.7 Å². The summed E-state index contributed by atoms with van der Waals surface area (Å²) >= 11 is 0. The highest BCUT2D eigenvalue weighted by Gasteiger charge is 2.03. The highest BCUT2D eigenvalue weighted by molar-refractivity contribution is 7.94. The lowest BCUT2D eigenvalue weighted by molar-refractivity contribution is 0.601. The Morgan fingerprint density at radius 1 is 1.20 bits per heavy atom. The van der Waals surface area contributed by atoms with Crippen LogP contribution >= 0.6 is 0 Å². The molecule has 0 amide bonds. The fourth-order valence-electron chi connectivity index (χ4n) is 1.16. The molecule has 1 rings (SSSR count). The number of sulfone groups is 1. The number of benzene rings is 1. The number of unbranched alkanes of at least 4 members (excludes halogenated alkanes) is 1. The number of rotatable bonds is 5. The molecule has 3 heteroatoms. The van der Waals surface area contributed by atoms with Crippen molar-refractivity contribution in [2.24, 2.45) is 0 Å². The minimum Gasteiger partial charge on any atom is -0.224 e. The minimum atomic E-state index is -3.02. The Labute approximate surface area is 91.6 Å². The lowest BCUT2D eigenvalue weighted by Gasteiger charge is -1.96. The Kier molecular flexibility index (Phi) is 4.56. The number of hydrogen-bond donors (Lipinski definition) is 0. The topological polar surface area (TPSA) is 34.1 Å². The summed E-state index contributed by atoms with van der Waals surface area (Å²) in [6, 6.07) is 9.44. The summed E-state index contributed by atoms with van der Waals surface area (Å²) in [4.78, 5) is 0. The van der Waals surface area contributed by atoms with E-state index in [0.29, 0.717) is 0 Å². The standard InChI is InChI=1S/C12H16O2S/c1-2-3-10-15(13,14)11-9-12-7-5-4-6-8-12/h4-9,11H,2-3,10H2,1H3/b11-9+. The van der Waals surface area contributed by atoms with E-state index in [2.05, 4.69) is 0 Å². The lowest BCUT2D eigenvalue weighted by Crippen LogP contribution is -2.00. The van der Waals surface area contributed by atoms with Gasteiger partial charge in [-0.15, -0.1) is 0 Å². The van der Waals surface area contributed by atoms with E-state index in [1.54, 1.807) is 6.08 Å². The van der Waals surface area contributed by atoms with Crippen molar-refractivity contribution >= 4 is 15.9 Å². The van der Waals surface area contributed by atoms with Crippen LogP contribution in [0.4, 0.5) is 0 Å². The van der Waals surface area contributed by atoms with Crippen molar-refractivity contribution in [1.29, 1.82) is 0 Å². The van der Waals surface area contributed by atoms with Crippen molar-refractivity contribution in [3.63, 3.8) is 0 Å². The Bertz CT molecular complexity index is 405. The van der Waals surface area contributed by atoms with Gasteiger partial charge in [-0.05, 0) is 18.1 Å². The third-order valence-electron chi connectivity index (χ3n) is 2.05. The lowest BCUT2D eigenvalue weighted by atomic mass is 10.2. The first-order valence-corrected chi connectivity index (χ1v) is 6.81. The largest absolute Gasteiger partial charge is 0.224 e. The van der Waals surface area contributed by atoms with Gasteiger partial charge in [-0.3, -0.25) is 0 Å². The molecule has 0 saturated carbocycles. The molecule has 0 radical (unpaired) electrons. The molecule has 0 aliphatic heterocycles. The van der Waals surface area contributed by atoms with Crippen LogP contribution in [0.3, 0.4) is 0 Å². The normalized spacial score (nSPS) is 12.1. The van der Waals surface area contributed by atoms with Gasteiger partial charge in [-0.2, -0.15) is 0 Å². The molecule has 1 aromatic carbocycles. The quantitative estimate of drug-likeness (QED) is 0.770. The molecule has 0 heterocycles. The van der Waals surface area contributed by atoms with Gasteiger partial charge in [0.1, 0.15) is 0 Å². The van der Waals surface area contributed by atoms with Gasteiger partial charge in [-0.1, -0.05) is 43.7 Å². The molecular formula is C12H16O2S. The molecule has 15 heavy (non-hydrogen) atoms. The molecule has 0 aromatic heterocycles. The maximum absolute atomic E-state index is 11.5. The average Bonchev–Trinajstić information content (AvgIpc) is 2.25. The molecule has 0 aliphatic carbocycles. The van der Waals surface area contributed by atoms with Gasteiger partial charge in [0.2, 0.25) is 0 Å². The first-order valence-electron chi connectivity index (χ1n) is 5.10. The third-order valence-corrected chi connectivity index (χ3v) is 3.46. The smallest absolute Gasteiger partial charge is 0.171 e. The van der Waals surface area contributed by atoms with Gasteiger partial charge in [0, 0.05) is 5.41 Å². The summed E-state index contributed by atoms with van der Waals surface area (Å²) in [7, 11) is -3.02. The maximum Gasteiger partial charge on any atom is 0.171 e. The van der Waals surface area contributed by atoms with Crippen LogP contribution in [0.2, 0.25) is 0 Å². The van der Waals surface area contributed by atoms with Crippen LogP contribution in [-0.2, 0) is 9.84 Å². The molecule has 0 saturated heterocycles. The van der Waals surface area contributed by atoms with Gasteiger partial charge < -0.3 is 0 Å². The fourth-order valence-corrected chi connectivity index (χ4v) is 2.35. The van der Waals surface area contributed by atoms with E-state index in [1.807, 2.05) is 37.3 Å². The van der Waals surface area contributed by atoms with Gasteiger partial charge in [0.05, 0.1) is 5.75 Å². The van der Waals surface area contributed by atoms with Crippen molar-refractivity contribution in [1.82, 2.24) is 0 Å². The van der Waals surface area contributed by atoms with Crippen LogP contribution in [0.1, 0.15) is 25.3 Å². The summed E-state index contributed by atoms with van der Waals surface area (Å²) in [6.45, 7) is 1.98. The van der Waals surface area contributed by atoms with Gasteiger partial charge in [0.25, 0.3) is 0 Å². The molecule has 0 bridgehead atoms. The van der Waals surface area contributed by atoms with Gasteiger partial charge in [-0.25, -0.2) is 8.42 Å². The second kappa shape index (κ2) is 5.71. The first kappa shape index (κ1) is 12.0. The molecule has 0 N–H and O–H groups in total. The zero-order chi connectivity index (χ0) is 11.1. The second-order valence-electron chi connectivity index (χ2n) is 3.43. The molecule has 82 valence electrons. The molecule has 0 spiro atoms. The van der Waals surface area contributed by atoms with Crippen molar-refractivity contribution in [2.75, 3.05) is 5.75 Å². The van der Waals surface area contributed by atoms with Gasteiger partial charge >= 0.3 is 0 Å². The van der Waals surface area contributed by atoms with Crippen LogP contribution in [0.25, 0.3) is 6.08 Å². The van der Waals surface area contributed by atoms with Crippen LogP contribution in [0, 0.1) is 0 Å². The summed E-state index contributed by atoms with van der Waals surface area (Å²) in [5.74, 6) is 0.243. The predicted molar refractivity (Wildman–Crippen MR) is 64.2 cm³/mol. The van der Waals surface area contributed by atoms with Crippen molar-refractivity contribution in [2.45, 2.75) is 19.8 Å². The molecule has 2 nitrogen and oxygen atoms in total. The monoisotopic (exact) mass is 224 g/mol.